The van der Waals surface area contributed by atoms with Crippen LogP contribution in [-0.4, -0.2) is 27.6 Å². The van der Waals surface area contributed by atoms with E-state index in [0.29, 0.717) is 0 Å². The van der Waals surface area contributed by atoms with Gasteiger partial charge in [0.25, 0.3) is 0 Å². The molecule has 52 valence electrons. The van der Waals surface area contributed by atoms with E-state index >= 15 is 0 Å². The Morgan fingerprint density at radius 3 is 2.33 bits per heavy atom. The lowest BCUT2D eigenvalue weighted by Gasteiger charge is -2.11. The molecule has 0 aliphatic carbocycles. The Morgan fingerprint density at radius 2 is 2.22 bits per heavy atom. The van der Waals surface area contributed by atoms with Gasteiger partial charge in [-0.15, -0.1) is 0 Å². The number of carboxylic acids is 1. The van der Waals surface area contributed by atoms with Crippen LogP contribution in [0.1, 0.15) is 20.6 Å². The zero-order valence-corrected chi connectivity index (χ0v) is 4.29. The Balaban J connectivity index is 5.25. The van der Waals surface area contributed by atoms with Crippen molar-refractivity contribution in [3.8, 4) is 0 Å². The number of carboxylic acid groups (broad SMARTS) is 1. The molecular weight excluding hydrogens is 125 g/mol. The fourth-order valence-electron chi connectivity index (χ4n) is 0.0971. The van der Waals surface area contributed by atoms with Crippen molar-refractivity contribution in [2.75, 3.05) is 0 Å². The molecule has 0 amide bonds. The molecule has 1 unspecified atom stereocenters. The first-order valence-corrected chi connectivity index (χ1v) is 1.89. The van der Waals surface area contributed by atoms with Crippen LogP contribution < -0.4 is 0 Å². The van der Waals surface area contributed by atoms with Crippen molar-refractivity contribution in [2.45, 2.75) is 19.3 Å². The number of ketones is 1. The summed E-state index contributed by atoms with van der Waals surface area (Å²) in [5, 5.41) is 17.5. The summed E-state index contributed by atoms with van der Waals surface area (Å²) in [4.78, 5) is 21.3. The molecule has 4 nitrogen and oxygen atoms in total. The largest absolute Gasteiger partial charge is 0.479 e. The fraction of sp³-hybridized carbons (Fsp3) is 0.600. The molecule has 0 aromatic rings. The number of carbonyl (C=O) groups is 2. The van der Waals surface area contributed by atoms with Gasteiger partial charge in [0.1, 0.15) is 0 Å². The molecule has 0 aromatic heterocycles. The highest BCUT2D eigenvalue weighted by Gasteiger charge is 2.35. The number of carbonyl (C=O) groups excluding carboxylic acids is 1. The zero-order chi connectivity index (χ0) is 11.7. The molecule has 0 fully saturated rings. The van der Waals surface area contributed by atoms with Crippen molar-refractivity contribution in [3.05, 3.63) is 0 Å². The minimum Gasteiger partial charge on any atom is -0.479 e. The van der Waals surface area contributed by atoms with Gasteiger partial charge in [-0.3, -0.25) is 4.79 Å². The lowest BCUT2D eigenvalue weighted by Crippen LogP contribution is -2.41. The fourth-order valence-corrected chi connectivity index (χ4v) is 0.0971. The summed E-state index contributed by atoms with van der Waals surface area (Å²) >= 11 is 0. The van der Waals surface area contributed by atoms with E-state index in [2.05, 4.69) is 0 Å². The van der Waals surface area contributed by atoms with Gasteiger partial charge in [0, 0.05) is 6.85 Å². The Labute approximate surface area is 59.1 Å². The second-order valence-corrected chi connectivity index (χ2v) is 1.40. The lowest BCUT2D eigenvalue weighted by atomic mass is 10.1. The number of Topliss-reactive ketones (excluding diaryl/α,β-unsaturated/α-hetero) is 1. The third-order valence-electron chi connectivity index (χ3n) is 0.672. The van der Waals surface area contributed by atoms with Crippen LogP contribution in [0.4, 0.5) is 0 Å². The van der Waals surface area contributed by atoms with Crippen molar-refractivity contribution >= 4 is 11.8 Å². The van der Waals surface area contributed by atoms with Crippen molar-refractivity contribution in [2.24, 2.45) is 0 Å². The predicted molar refractivity (Wildman–Crippen MR) is 28.9 cm³/mol. The van der Waals surface area contributed by atoms with Crippen molar-refractivity contribution in [3.63, 3.8) is 0 Å². The Kier molecular flexibility index (Phi) is 0.664. The molecule has 0 aromatic carbocycles. The van der Waals surface area contributed by atoms with Crippen LogP contribution in [0.15, 0.2) is 0 Å². The van der Waals surface area contributed by atoms with E-state index in [0.717, 1.165) is 0 Å². The van der Waals surface area contributed by atoms with E-state index in [4.69, 9.17) is 17.1 Å². The maximum absolute atomic E-state index is 10.9. The van der Waals surface area contributed by atoms with Crippen LogP contribution in [0.3, 0.4) is 0 Å². The summed E-state index contributed by atoms with van der Waals surface area (Å²) in [6.45, 7) is -5.86. The number of hydrogen-bond acceptors (Lipinski definition) is 3. The first kappa shape index (κ1) is 2.79. The zero-order valence-electron chi connectivity index (χ0n) is 9.29. The summed E-state index contributed by atoms with van der Waals surface area (Å²) in [6.07, 6.45) is 0. The summed E-state index contributed by atoms with van der Waals surface area (Å²) in [5.74, 6) is -4.25. The van der Waals surface area contributed by atoms with Crippen LogP contribution in [-0.2, 0) is 9.59 Å². The van der Waals surface area contributed by atoms with Gasteiger partial charge in [0.2, 0.25) is 5.60 Å². The van der Waals surface area contributed by atoms with Gasteiger partial charge >= 0.3 is 5.97 Å². The van der Waals surface area contributed by atoms with Crippen molar-refractivity contribution in [1.29, 1.82) is 0 Å². The monoisotopic (exact) mass is 138 g/mol. The molecule has 0 spiro atoms. The predicted octanol–water partition coefficient (Wildman–Crippen LogP) is -0.589. The highest BCUT2D eigenvalue weighted by atomic mass is 16.4. The topological polar surface area (TPSA) is 74.6 Å². The Bertz CT molecular complexity index is 259. The molecule has 1 atom stereocenters. The maximum atomic E-state index is 10.9. The quantitative estimate of drug-likeness (QED) is 0.395. The van der Waals surface area contributed by atoms with Gasteiger partial charge in [-0.2, -0.15) is 0 Å². The van der Waals surface area contributed by atoms with E-state index in [1.165, 1.54) is 0 Å². The normalized spacial score (nSPS) is 26.2. The number of rotatable bonds is 2. The summed E-state index contributed by atoms with van der Waals surface area (Å²) in [5.41, 5.74) is -3.51. The van der Waals surface area contributed by atoms with Crippen LogP contribution in [0, 0.1) is 0 Å². The van der Waals surface area contributed by atoms with Crippen LogP contribution in [0.25, 0.3) is 0 Å². The molecule has 0 saturated carbocycles. The minimum atomic E-state index is -3.51. The molecule has 0 radical (unpaired) electrons. The average Bonchev–Trinajstić information content (AvgIpc) is 1.99. The van der Waals surface area contributed by atoms with Gasteiger partial charge in [0.15, 0.2) is 5.78 Å². The number of aliphatic hydroxyl groups is 1. The average molecular weight is 138 g/mol. The third-order valence-corrected chi connectivity index (χ3v) is 0.672. The van der Waals surface area contributed by atoms with Crippen LogP contribution in [0.2, 0.25) is 0 Å². The molecular formula is C5H8O4. The molecule has 0 aliphatic rings. The highest BCUT2D eigenvalue weighted by molar-refractivity contribution is 6.04. The summed E-state index contributed by atoms with van der Waals surface area (Å²) in [6, 6.07) is 0. The maximum Gasteiger partial charge on any atom is 0.343 e. The Morgan fingerprint density at radius 1 is 1.67 bits per heavy atom. The van der Waals surface area contributed by atoms with E-state index < -0.39 is 31.1 Å². The van der Waals surface area contributed by atoms with Crippen LogP contribution >= 0.6 is 0 Å². The molecule has 4 heteroatoms. The second kappa shape index (κ2) is 2.14. The second-order valence-electron chi connectivity index (χ2n) is 1.40. The lowest BCUT2D eigenvalue weighted by molar-refractivity contribution is -0.162. The van der Waals surface area contributed by atoms with E-state index in [-0.39, 0.29) is 0 Å². The van der Waals surface area contributed by atoms with Gasteiger partial charge in [0.05, 0.1) is 0 Å². The SMILES string of the molecule is [2H][13CH]([2H])C(O)(C(=O)O)C(=O)C([2H])([2H])[2H]. The first-order chi connectivity index (χ1) is 6.04. The highest BCUT2D eigenvalue weighted by Crippen LogP contribution is 2.03. The van der Waals surface area contributed by atoms with E-state index in [9.17, 15) is 9.59 Å². The van der Waals surface area contributed by atoms with Crippen LogP contribution in [0.5, 0.6) is 0 Å². The molecule has 0 bridgehead atoms. The molecule has 0 saturated heterocycles. The Hall–Kier alpha value is -0.900. The minimum absolute atomic E-state index is 2.03. The van der Waals surface area contributed by atoms with Gasteiger partial charge in [-0.05, 0) is 13.7 Å². The van der Waals surface area contributed by atoms with Crippen molar-refractivity contribution in [1.82, 2.24) is 0 Å². The standard InChI is InChI=1S/C5H8O4/c1-3(6)5(2,9)4(7)8/h9H,1-2H3,(H,7,8)/i1D3,2+1D2. The van der Waals surface area contributed by atoms with E-state index in [1.807, 2.05) is 0 Å². The molecule has 2 N–H and O–H groups in total. The molecule has 9 heavy (non-hydrogen) atoms. The van der Waals surface area contributed by atoms with Gasteiger partial charge in [-0.25, -0.2) is 4.79 Å². The molecule has 0 rings (SSSR count). The summed E-state index contributed by atoms with van der Waals surface area (Å²) < 4.78 is 33.0. The van der Waals surface area contributed by atoms with Crippen molar-refractivity contribution < 1.29 is 26.7 Å². The number of aliphatic carboxylic acids is 1. The van der Waals surface area contributed by atoms with E-state index in [1.54, 1.807) is 0 Å². The van der Waals surface area contributed by atoms with Gasteiger partial charge < -0.3 is 10.2 Å². The number of hydrogen-bond donors (Lipinski definition) is 2. The summed E-state index contributed by atoms with van der Waals surface area (Å²) in [7, 11) is 0. The first-order valence-electron chi connectivity index (χ1n) is 4.55. The van der Waals surface area contributed by atoms with Gasteiger partial charge in [-0.1, -0.05) is 0 Å². The molecule has 0 aliphatic heterocycles. The third kappa shape index (κ3) is 1.50. The molecule has 0 heterocycles. The smallest absolute Gasteiger partial charge is 0.343 e.